The number of hydrogen-bond donors (Lipinski definition) is 1. The van der Waals surface area contributed by atoms with Gasteiger partial charge in [-0.05, 0) is 48.0 Å². The van der Waals surface area contributed by atoms with Gasteiger partial charge in [0.2, 0.25) is 0 Å². The fourth-order valence-electron chi connectivity index (χ4n) is 3.04. The largest absolute Gasteiger partial charge is 0.495 e. The summed E-state index contributed by atoms with van der Waals surface area (Å²) in [6, 6.07) is 17.6. The summed E-state index contributed by atoms with van der Waals surface area (Å²) >= 11 is 0. The number of rotatable bonds is 9. The van der Waals surface area contributed by atoms with E-state index in [9.17, 15) is 22.4 Å². The molecule has 0 aromatic heterocycles. The van der Waals surface area contributed by atoms with Gasteiger partial charge in [-0.2, -0.15) is 0 Å². The molecule has 178 valence electrons. The van der Waals surface area contributed by atoms with Crippen LogP contribution in [0.5, 0.6) is 5.75 Å². The highest BCUT2D eigenvalue weighted by molar-refractivity contribution is 7.92. The van der Waals surface area contributed by atoms with Crippen molar-refractivity contribution in [2.45, 2.75) is 11.4 Å². The third-order valence-electron chi connectivity index (χ3n) is 4.79. The second-order valence-corrected chi connectivity index (χ2v) is 8.97. The van der Waals surface area contributed by atoms with Crippen LogP contribution < -0.4 is 9.46 Å². The van der Waals surface area contributed by atoms with Crippen molar-refractivity contribution in [3.8, 4) is 5.75 Å². The molecule has 0 spiro atoms. The molecule has 0 atom stereocenters. The number of anilines is 1. The van der Waals surface area contributed by atoms with Gasteiger partial charge in [0.15, 0.2) is 6.61 Å². The summed E-state index contributed by atoms with van der Waals surface area (Å²) in [5.41, 5.74) is 0.788. The smallest absolute Gasteiger partial charge is 0.338 e. The zero-order chi connectivity index (χ0) is 24.7. The summed E-state index contributed by atoms with van der Waals surface area (Å²) in [6.45, 7) is -0.419. The molecule has 0 aliphatic rings. The maximum absolute atomic E-state index is 13.3. The first-order valence-electron chi connectivity index (χ1n) is 10.1. The lowest BCUT2D eigenvalue weighted by Crippen LogP contribution is -2.30. The predicted octanol–water partition coefficient (Wildman–Crippen LogP) is 3.45. The number of likely N-dealkylation sites (N-methyl/N-ethyl adjacent to an activating group) is 1. The van der Waals surface area contributed by atoms with Crippen LogP contribution in [0, 0.1) is 5.82 Å². The summed E-state index contributed by atoms with van der Waals surface area (Å²) in [5.74, 6) is -1.44. The topological polar surface area (TPSA) is 102 Å². The number of nitrogens with zero attached hydrogens (tertiary/aromatic N) is 1. The zero-order valence-corrected chi connectivity index (χ0v) is 19.3. The molecule has 0 unspecified atom stereocenters. The van der Waals surface area contributed by atoms with Crippen molar-refractivity contribution >= 4 is 27.6 Å². The van der Waals surface area contributed by atoms with Crippen LogP contribution in [-0.4, -0.2) is 46.0 Å². The molecule has 1 amide bonds. The van der Waals surface area contributed by atoms with Gasteiger partial charge in [0.05, 0.1) is 23.3 Å². The van der Waals surface area contributed by atoms with Gasteiger partial charge in [-0.3, -0.25) is 9.52 Å². The Morgan fingerprint density at radius 1 is 1.00 bits per heavy atom. The minimum atomic E-state index is -4.03. The standard InChI is InChI=1S/C24H23FN2O6S/c1-27(15-17-7-5-9-19(25)13-17)23(28)16-33-24(29)18-8-6-10-20(14-18)34(30,31)26-21-11-3-4-12-22(21)32-2/h3-14,26H,15-16H2,1-2H3. The molecule has 8 nitrogen and oxygen atoms in total. The number of ether oxygens (including phenoxy) is 2. The number of halogens is 1. The first-order valence-corrected chi connectivity index (χ1v) is 11.6. The van der Waals surface area contributed by atoms with E-state index in [2.05, 4.69) is 4.72 Å². The average Bonchev–Trinajstić information content (AvgIpc) is 2.82. The van der Waals surface area contributed by atoms with Gasteiger partial charge in [-0.1, -0.05) is 30.3 Å². The lowest BCUT2D eigenvalue weighted by atomic mass is 10.2. The molecule has 0 radical (unpaired) electrons. The number of methoxy groups -OCH3 is 1. The Labute approximate surface area is 197 Å². The highest BCUT2D eigenvalue weighted by atomic mass is 32.2. The Bertz CT molecular complexity index is 1300. The van der Waals surface area contributed by atoms with E-state index >= 15 is 0 Å². The quantitative estimate of drug-likeness (QED) is 0.465. The van der Waals surface area contributed by atoms with Crippen LogP contribution in [-0.2, 0) is 26.1 Å². The summed E-state index contributed by atoms with van der Waals surface area (Å²) < 4.78 is 51.5. The normalized spacial score (nSPS) is 10.9. The van der Waals surface area contributed by atoms with Gasteiger partial charge in [-0.25, -0.2) is 17.6 Å². The van der Waals surface area contributed by atoms with Crippen molar-refractivity contribution < 1.29 is 31.9 Å². The molecule has 0 fully saturated rings. The number of carbonyl (C=O) groups excluding carboxylic acids is 2. The molecule has 3 aromatic rings. The van der Waals surface area contributed by atoms with Gasteiger partial charge < -0.3 is 14.4 Å². The van der Waals surface area contributed by atoms with E-state index in [0.29, 0.717) is 11.3 Å². The van der Waals surface area contributed by atoms with Crippen molar-refractivity contribution in [1.82, 2.24) is 4.90 Å². The van der Waals surface area contributed by atoms with Crippen molar-refractivity contribution in [3.05, 3.63) is 89.7 Å². The van der Waals surface area contributed by atoms with Gasteiger partial charge in [0.1, 0.15) is 11.6 Å². The van der Waals surface area contributed by atoms with Gasteiger partial charge >= 0.3 is 5.97 Å². The van der Waals surface area contributed by atoms with Crippen LogP contribution in [0.15, 0.2) is 77.7 Å². The minimum Gasteiger partial charge on any atom is -0.495 e. The monoisotopic (exact) mass is 486 g/mol. The SMILES string of the molecule is COc1ccccc1NS(=O)(=O)c1cccc(C(=O)OCC(=O)N(C)Cc2cccc(F)c2)c1. The molecule has 1 N–H and O–H groups in total. The predicted molar refractivity (Wildman–Crippen MR) is 123 cm³/mol. The second kappa shape index (κ2) is 10.8. The maximum Gasteiger partial charge on any atom is 0.338 e. The molecule has 3 rings (SSSR count). The number of nitrogens with one attached hydrogen (secondary N) is 1. The van der Waals surface area contributed by atoms with E-state index < -0.39 is 34.3 Å². The average molecular weight is 487 g/mol. The summed E-state index contributed by atoms with van der Waals surface area (Å²) in [7, 11) is -1.11. The molecule has 0 heterocycles. The summed E-state index contributed by atoms with van der Waals surface area (Å²) in [6.07, 6.45) is 0. The lowest BCUT2D eigenvalue weighted by Gasteiger charge is -2.17. The number of amides is 1. The Morgan fingerprint density at radius 2 is 1.74 bits per heavy atom. The van der Waals surface area contributed by atoms with Crippen LogP contribution in [0.1, 0.15) is 15.9 Å². The number of para-hydroxylation sites is 2. The molecule has 3 aromatic carbocycles. The van der Waals surface area contributed by atoms with Gasteiger partial charge in [0.25, 0.3) is 15.9 Å². The molecule has 34 heavy (non-hydrogen) atoms. The molecule has 0 saturated heterocycles. The molecule has 10 heteroatoms. The van der Waals surface area contributed by atoms with Crippen molar-refractivity contribution in [2.75, 3.05) is 25.5 Å². The van der Waals surface area contributed by atoms with E-state index in [4.69, 9.17) is 9.47 Å². The molecule has 0 bridgehead atoms. The first-order chi connectivity index (χ1) is 16.2. The van der Waals surface area contributed by atoms with Crippen LogP contribution in [0.2, 0.25) is 0 Å². The molecule has 0 saturated carbocycles. The van der Waals surface area contributed by atoms with Crippen molar-refractivity contribution in [3.63, 3.8) is 0 Å². The Morgan fingerprint density at radius 3 is 2.47 bits per heavy atom. The number of hydrogen-bond acceptors (Lipinski definition) is 6. The van der Waals surface area contributed by atoms with E-state index in [1.54, 1.807) is 30.3 Å². The fraction of sp³-hybridized carbons (Fsp3) is 0.167. The van der Waals surface area contributed by atoms with Gasteiger partial charge in [0, 0.05) is 13.6 Å². The third-order valence-corrected chi connectivity index (χ3v) is 6.16. The molecular formula is C24H23FN2O6S. The first kappa shape index (κ1) is 24.7. The van der Waals surface area contributed by atoms with Crippen LogP contribution in [0.25, 0.3) is 0 Å². The number of esters is 1. The highest BCUT2D eigenvalue weighted by Gasteiger charge is 2.20. The fourth-order valence-corrected chi connectivity index (χ4v) is 4.16. The third kappa shape index (κ3) is 6.32. The zero-order valence-electron chi connectivity index (χ0n) is 18.5. The van der Waals surface area contributed by atoms with E-state index in [1.165, 1.54) is 55.5 Å². The molecular weight excluding hydrogens is 463 g/mol. The minimum absolute atomic E-state index is 0.0384. The Hall–Kier alpha value is -3.92. The highest BCUT2D eigenvalue weighted by Crippen LogP contribution is 2.26. The molecule has 0 aliphatic heterocycles. The maximum atomic E-state index is 13.3. The van der Waals surface area contributed by atoms with Crippen LogP contribution in [0.3, 0.4) is 0 Å². The van der Waals surface area contributed by atoms with Crippen LogP contribution >= 0.6 is 0 Å². The van der Waals surface area contributed by atoms with E-state index in [1.807, 2.05) is 0 Å². The Kier molecular flexibility index (Phi) is 7.85. The lowest BCUT2D eigenvalue weighted by molar-refractivity contribution is -0.133. The Balaban J connectivity index is 1.64. The van der Waals surface area contributed by atoms with E-state index in [-0.39, 0.29) is 22.7 Å². The van der Waals surface area contributed by atoms with Crippen molar-refractivity contribution in [2.24, 2.45) is 0 Å². The number of carbonyl (C=O) groups is 2. The van der Waals surface area contributed by atoms with Gasteiger partial charge in [-0.15, -0.1) is 0 Å². The van der Waals surface area contributed by atoms with Crippen LogP contribution in [0.4, 0.5) is 10.1 Å². The second-order valence-electron chi connectivity index (χ2n) is 7.29. The van der Waals surface area contributed by atoms with Crippen molar-refractivity contribution in [1.29, 1.82) is 0 Å². The number of benzene rings is 3. The van der Waals surface area contributed by atoms with E-state index in [0.717, 1.165) is 6.07 Å². The number of sulfonamides is 1. The molecule has 0 aliphatic carbocycles. The summed E-state index contributed by atoms with van der Waals surface area (Å²) in [4.78, 5) is 25.9. The summed E-state index contributed by atoms with van der Waals surface area (Å²) in [5, 5.41) is 0.